The molecule has 0 aromatic rings. The molecule has 1 fully saturated rings. The molecule has 1 amide bonds. The van der Waals surface area contributed by atoms with E-state index in [-0.39, 0.29) is 12.5 Å². The second kappa shape index (κ2) is 5.70. The summed E-state index contributed by atoms with van der Waals surface area (Å²) in [5.41, 5.74) is 0. The van der Waals surface area contributed by atoms with Crippen molar-refractivity contribution in [3.63, 3.8) is 0 Å². The van der Waals surface area contributed by atoms with E-state index in [4.69, 9.17) is 5.11 Å². The van der Waals surface area contributed by atoms with Crippen molar-refractivity contribution in [3.8, 4) is 0 Å². The van der Waals surface area contributed by atoms with Gasteiger partial charge in [0.2, 0.25) is 5.91 Å². The monoisotopic (exact) mass is 214 g/mol. The first-order valence-electron chi connectivity index (χ1n) is 5.32. The van der Waals surface area contributed by atoms with Crippen LogP contribution in [0.3, 0.4) is 0 Å². The molecule has 5 nitrogen and oxygen atoms in total. The summed E-state index contributed by atoms with van der Waals surface area (Å²) in [6.45, 7) is 3.90. The second-order valence-electron chi connectivity index (χ2n) is 3.96. The van der Waals surface area contributed by atoms with Crippen molar-refractivity contribution in [2.24, 2.45) is 5.92 Å². The average molecular weight is 214 g/mol. The molecule has 86 valence electrons. The summed E-state index contributed by atoms with van der Waals surface area (Å²) in [5, 5.41) is 11.5. The highest BCUT2D eigenvalue weighted by atomic mass is 16.4. The normalized spacial score (nSPS) is 17.8. The van der Waals surface area contributed by atoms with Gasteiger partial charge in [0.25, 0.3) is 0 Å². The Morgan fingerprint density at radius 3 is 2.53 bits per heavy atom. The molecule has 0 spiro atoms. The van der Waals surface area contributed by atoms with Crippen LogP contribution in [0.15, 0.2) is 0 Å². The lowest BCUT2D eigenvalue weighted by Gasteiger charge is -2.16. The van der Waals surface area contributed by atoms with Gasteiger partial charge in [0.15, 0.2) is 0 Å². The summed E-state index contributed by atoms with van der Waals surface area (Å²) < 4.78 is 0. The molecule has 5 heteroatoms. The number of carbonyl (C=O) groups is 2. The van der Waals surface area contributed by atoms with Gasteiger partial charge in [-0.15, -0.1) is 0 Å². The number of rotatable bonds is 5. The molecule has 0 radical (unpaired) electrons. The van der Waals surface area contributed by atoms with Gasteiger partial charge in [0, 0.05) is 19.6 Å². The Hall–Kier alpha value is -1.10. The van der Waals surface area contributed by atoms with Gasteiger partial charge in [-0.3, -0.25) is 9.59 Å². The Morgan fingerprint density at radius 1 is 1.40 bits per heavy atom. The van der Waals surface area contributed by atoms with Crippen LogP contribution in [0.2, 0.25) is 0 Å². The van der Waals surface area contributed by atoms with E-state index in [2.05, 4.69) is 5.32 Å². The molecule has 1 aliphatic heterocycles. The Balaban J connectivity index is 2.14. The van der Waals surface area contributed by atoms with Gasteiger partial charge in [0.1, 0.15) is 0 Å². The summed E-state index contributed by atoms with van der Waals surface area (Å²) in [4.78, 5) is 23.8. The zero-order valence-electron chi connectivity index (χ0n) is 9.03. The third-order valence-electron chi connectivity index (χ3n) is 2.61. The second-order valence-corrected chi connectivity index (χ2v) is 3.96. The fourth-order valence-corrected chi connectivity index (χ4v) is 1.56. The topological polar surface area (TPSA) is 69.6 Å². The van der Waals surface area contributed by atoms with E-state index >= 15 is 0 Å². The highest BCUT2D eigenvalue weighted by Crippen LogP contribution is 2.06. The molecule has 0 aromatic heterocycles. The molecule has 0 bridgehead atoms. The van der Waals surface area contributed by atoms with Crippen molar-refractivity contribution in [1.82, 2.24) is 10.2 Å². The molecule has 1 heterocycles. The van der Waals surface area contributed by atoms with Gasteiger partial charge in [-0.25, -0.2) is 0 Å². The van der Waals surface area contributed by atoms with Gasteiger partial charge in [-0.2, -0.15) is 0 Å². The Kier molecular flexibility index (Phi) is 4.55. The van der Waals surface area contributed by atoms with Crippen LogP contribution in [-0.2, 0) is 9.59 Å². The standard InChI is InChI=1S/C10H18N2O3/c1-8(10(14)15)6-11-7-9(13)12-4-2-3-5-12/h8,11H,2-7H2,1H3,(H,14,15). The minimum absolute atomic E-state index is 0.0742. The van der Waals surface area contributed by atoms with Crippen molar-refractivity contribution in [2.45, 2.75) is 19.8 Å². The summed E-state index contributed by atoms with van der Waals surface area (Å²) in [6.07, 6.45) is 2.16. The van der Waals surface area contributed by atoms with E-state index in [0.29, 0.717) is 6.54 Å². The summed E-state index contributed by atoms with van der Waals surface area (Å²) >= 11 is 0. The van der Waals surface area contributed by atoms with E-state index in [9.17, 15) is 9.59 Å². The molecule has 1 atom stereocenters. The van der Waals surface area contributed by atoms with Crippen molar-refractivity contribution >= 4 is 11.9 Å². The van der Waals surface area contributed by atoms with E-state index in [0.717, 1.165) is 25.9 Å². The number of carbonyl (C=O) groups excluding carboxylic acids is 1. The van der Waals surface area contributed by atoms with E-state index in [1.807, 2.05) is 4.90 Å². The van der Waals surface area contributed by atoms with Gasteiger partial charge >= 0.3 is 5.97 Å². The molecule has 1 rings (SSSR count). The van der Waals surface area contributed by atoms with Crippen molar-refractivity contribution in [2.75, 3.05) is 26.2 Å². The van der Waals surface area contributed by atoms with Crippen LogP contribution >= 0.6 is 0 Å². The molecular weight excluding hydrogens is 196 g/mol. The molecule has 2 N–H and O–H groups in total. The number of carboxylic acids is 1. The number of nitrogens with zero attached hydrogens (tertiary/aromatic N) is 1. The van der Waals surface area contributed by atoms with Gasteiger partial charge in [-0.1, -0.05) is 6.92 Å². The Bertz CT molecular complexity index is 237. The summed E-state index contributed by atoms with van der Waals surface area (Å²) in [6, 6.07) is 0. The molecule has 1 saturated heterocycles. The maximum Gasteiger partial charge on any atom is 0.307 e. The van der Waals surface area contributed by atoms with Crippen molar-refractivity contribution in [1.29, 1.82) is 0 Å². The van der Waals surface area contributed by atoms with Gasteiger partial charge in [-0.05, 0) is 12.8 Å². The van der Waals surface area contributed by atoms with Crippen LogP contribution < -0.4 is 5.32 Å². The van der Waals surface area contributed by atoms with E-state index in [1.165, 1.54) is 0 Å². The highest BCUT2D eigenvalue weighted by Gasteiger charge is 2.18. The third kappa shape index (κ3) is 3.87. The Morgan fingerprint density at radius 2 is 2.00 bits per heavy atom. The van der Waals surface area contributed by atoms with Gasteiger partial charge < -0.3 is 15.3 Å². The number of amides is 1. The predicted octanol–water partition coefficient (Wildman–Crippen LogP) is -0.0809. The van der Waals surface area contributed by atoms with Crippen LogP contribution in [0.4, 0.5) is 0 Å². The van der Waals surface area contributed by atoms with Crippen molar-refractivity contribution in [3.05, 3.63) is 0 Å². The largest absolute Gasteiger partial charge is 0.481 e. The van der Waals surface area contributed by atoms with Crippen LogP contribution in [0.25, 0.3) is 0 Å². The molecular formula is C10H18N2O3. The molecule has 0 aliphatic carbocycles. The summed E-state index contributed by atoms with van der Waals surface area (Å²) in [7, 11) is 0. The first kappa shape index (κ1) is 12.0. The Labute approximate surface area is 89.4 Å². The van der Waals surface area contributed by atoms with Crippen LogP contribution in [0, 0.1) is 5.92 Å². The number of carboxylic acid groups (broad SMARTS) is 1. The minimum Gasteiger partial charge on any atom is -0.481 e. The third-order valence-corrected chi connectivity index (χ3v) is 2.61. The lowest BCUT2D eigenvalue weighted by molar-refractivity contribution is -0.141. The first-order valence-corrected chi connectivity index (χ1v) is 5.32. The molecule has 15 heavy (non-hydrogen) atoms. The van der Waals surface area contributed by atoms with E-state index in [1.54, 1.807) is 6.92 Å². The number of hydrogen-bond acceptors (Lipinski definition) is 3. The highest BCUT2D eigenvalue weighted by molar-refractivity contribution is 5.78. The minimum atomic E-state index is -0.837. The average Bonchev–Trinajstić information content (AvgIpc) is 2.70. The van der Waals surface area contributed by atoms with Crippen LogP contribution in [-0.4, -0.2) is 48.1 Å². The number of hydrogen-bond donors (Lipinski definition) is 2. The SMILES string of the molecule is CC(CNCC(=O)N1CCCC1)C(=O)O. The maximum atomic E-state index is 11.5. The zero-order chi connectivity index (χ0) is 11.3. The summed E-state index contributed by atoms with van der Waals surface area (Å²) in [5.74, 6) is -1.21. The quantitative estimate of drug-likeness (QED) is 0.671. The number of likely N-dealkylation sites (tertiary alicyclic amines) is 1. The number of nitrogens with one attached hydrogen (secondary N) is 1. The molecule has 1 unspecified atom stereocenters. The zero-order valence-corrected chi connectivity index (χ0v) is 9.03. The molecule has 0 saturated carbocycles. The lowest BCUT2D eigenvalue weighted by Crippen LogP contribution is -2.38. The molecule has 1 aliphatic rings. The fraction of sp³-hybridized carbons (Fsp3) is 0.800. The fourth-order valence-electron chi connectivity index (χ4n) is 1.56. The van der Waals surface area contributed by atoms with Gasteiger partial charge in [0.05, 0.1) is 12.5 Å². The smallest absolute Gasteiger partial charge is 0.307 e. The predicted molar refractivity (Wildman–Crippen MR) is 55.5 cm³/mol. The van der Waals surface area contributed by atoms with Crippen LogP contribution in [0.5, 0.6) is 0 Å². The van der Waals surface area contributed by atoms with E-state index < -0.39 is 11.9 Å². The number of aliphatic carboxylic acids is 1. The molecule has 0 aromatic carbocycles. The van der Waals surface area contributed by atoms with Crippen molar-refractivity contribution < 1.29 is 14.7 Å². The maximum absolute atomic E-state index is 11.5. The first-order chi connectivity index (χ1) is 7.11. The van der Waals surface area contributed by atoms with Crippen LogP contribution in [0.1, 0.15) is 19.8 Å². The lowest BCUT2D eigenvalue weighted by atomic mass is 10.2.